The molecule has 0 saturated carbocycles. The number of nitrogens with zero attached hydrogens (tertiary/aromatic N) is 4. The monoisotopic (exact) mass is 382 g/mol. The molecule has 1 aliphatic carbocycles. The molecule has 1 atom stereocenters. The van der Waals surface area contributed by atoms with E-state index in [1.54, 1.807) is 10.7 Å². The molecular formula is C24H22N4O. The molecule has 1 aliphatic rings. The van der Waals surface area contributed by atoms with Gasteiger partial charge in [0.15, 0.2) is 11.6 Å². The number of ketones is 1. The summed E-state index contributed by atoms with van der Waals surface area (Å²) in [6.45, 7) is 4.37. The summed E-state index contributed by atoms with van der Waals surface area (Å²) in [5.74, 6) is 1.93. The Morgan fingerprint density at radius 1 is 0.966 bits per heavy atom. The molecule has 144 valence electrons. The molecule has 0 unspecified atom stereocenters. The van der Waals surface area contributed by atoms with Crippen molar-refractivity contribution in [2.24, 2.45) is 0 Å². The number of carbonyl (C=O) groups is 1. The Morgan fingerprint density at radius 2 is 1.72 bits per heavy atom. The van der Waals surface area contributed by atoms with Gasteiger partial charge in [0.05, 0.1) is 11.3 Å². The summed E-state index contributed by atoms with van der Waals surface area (Å²) < 4.78 is 1.62. The highest BCUT2D eigenvalue weighted by Gasteiger charge is 2.28. The van der Waals surface area contributed by atoms with Crippen molar-refractivity contribution in [3.63, 3.8) is 0 Å². The molecule has 2 aromatic carbocycles. The number of hydrogen-bond acceptors (Lipinski definition) is 4. The summed E-state index contributed by atoms with van der Waals surface area (Å²) >= 11 is 0. The van der Waals surface area contributed by atoms with E-state index in [4.69, 9.17) is 4.98 Å². The van der Waals surface area contributed by atoms with Gasteiger partial charge in [0, 0.05) is 18.2 Å². The first kappa shape index (κ1) is 17.7. The molecule has 4 aromatic rings. The van der Waals surface area contributed by atoms with Gasteiger partial charge in [0.2, 0.25) is 0 Å². The molecule has 0 radical (unpaired) electrons. The first-order valence-corrected chi connectivity index (χ1v) is 10.0. The van der Waals surface area contributed by atoms with Crippen molar-refractivity contribution in [2.45, 2.75) is 38.5 Å². The topological polar surface area (TPSA) is 60.2 Å². The van der Waals surface area contributed by atoms with Crippen LogP contribution in [-0.4, -0.2) is 25.4 Å². The van der Waals surface area contributed by atoms with Crippen LogP contribution in [0.1, 0.15) is 59.3 Å². The van der Waals surface area contributed by atoms with Crippen LogP contribution in [0.5, 0.6) is 0 Å². The molecule has 0 bridgehead atoms. The largest absolute Gasteiger partial charge is 0.294 e. The molecule has 0 spiro atoms. The van der Waals surface area contributed by atoms with Gasteiger partial charge in [-0.3, -0.25) is 4.79 Å². The van der Waals surface area contributed by atoms with Crippen LogP contribution >= 0.6 is 0 Å². The van der Waals surface area contributed by atoms with E-state index >= 15 is 0 Å². The zero-order valence-corrected chi connectivity index (χ0v) is 16.5. The summed E-state index contributed by atoms with van der Waals surface area (Å²) in [7, 11) is 0. The Kier molecular flexibility index (Phi) is 4.23. The maximum absolute atomic E-state index is 12.9. The first-order valence-electron chi connectivity index (χ1n) is 10.0. The standard InChI is InChI=1S/C24H22N4O/c1-15(2)16-8-10-17(11-9-16)19-12-21-20(22(29)13-19)14-28-24(25-21)26-23(27-28)18-6-4-3-5-7-18/h3-11,14-15,19H,12-13H2,1-2H3/t19-/m1/s1. The van der Waals surface area contributed by atoms with E-state index in [0.29, 0.717) is 29.5 Å². The Bertz CT molecular complexity index is 1190. The Balaban J connectivity index is 1.50. The van der Waals surface area contributed by atoms with Crippen LogP contribution in [0, 0.1) is 0 Å². The predicted molar refractivity (Wildman–Crippen MR) is 112 cm³/mol. The lowest BCUT2D eigenvalue weighted by Crippen LogP contribution is -2.21. The fourth-order valence-electron chi connectivity index (χ4n) is 3.98. The minimum absolute atomic E-state index is 0.121. The van der Waals surface area contributed by atoms with E-state index in [2.05, 4.69) is 48.2 Å². The predicted octanol–water partition coefficient (Wildman–Crippen LogP) is 4.83. The molecule has 5 heteroatoms. The van der Waals surface area contributed by atoms with E-state index in [1.807, 2.05) is 30.3 Å². The number of hydrogen-bond donors (Lipinski definition) is 0. The van der Waals surface area contributed by atoms with Gasteiger partial charge in [-0.25, -0.2) is 9.50 Å². The molecule has 0 aliphatic heterocycles. The van der Waals surface area contributed by atoms with Crippen molar-refractivity contribution in [2.75, 3.05) is 0 Å². The normalized spacial score (nSPS) is 16.4. The fraction of sp³-hybridized carbons (Fsp3) is 0.250. The number of Topliss-reactive ketones (excluding diaryl/α,β-unsaturated/α-hetero) is 1. The number of aromatic nitrogens is 4. The lowest BCUT2D eigenvalue weighted by atomic mass is 9.81. The van der Waals surface area contributed by atoms with Crippen LogP contribution < -0.4 is 0 Å². The highest BCUT2D eigenvalue weighted by atomic mass is 16.1. The second kappa shape index (κ2) is 6.92. The number of benzene rings is 2. The zero-order chi connectivity index (χ0) is 20.0. The summed E-state index contributed by atoms with van der Waals surface area (Å²) in [6.07, 6.45) is 3.03. The van der Waals surface area contributed by atoms with Gasteiger partial charge in [0.1, 0.15) is 0 Å². The quantitative estimate of drug-likeness (QED) is 0.509. The zero-order valence-electron chi connectivity index (χ0n) is 16.5. The molecule has 0 fully saturated rings. The van der Waals surface area contributed by atoms with Crippen molar-refractivity contribution >= 4 is 11.6 Å². The Morgan fingerprint density at radius 3 is 2.45 bits per heavy atom. The van der Waals surface area contributed by atoms with E-state index < -0.39 is 0 Å². The summed E-state index contributed by atoms with van der Waals surface area (Å²) in [6, 6.07) is 18.5. The van der Waals surface area contributed by atoms with Crippen LogP contribution in [0.15, 0.2) is 60.8 Å². The third-order valence-corrected chi connectivity index (χ3v) is 5.69. The van der Waals surface area contributed by atoms with Gasteiger partial charge in [-0.1, -0.05) is 68.4 Å². The van der Waals surface area contributed by atoms with Crippen molar-refractivity contribution in [1.82, 2.24) is 19.6 Å². The summed E-state index contributed by atoms with van der Waals surface area (Å²) in [5.41, 5.74) is 4.93. The smallest absolute Gasteiger partial charge is 0.252 e. The minimum atomic E-state index is 0.121. The average molecular weight is 382 g/mol. The van der Waals surface area contributed by atoms with Gasteiger partial charge in [0.25, 0.3) is 5.78 Å². The molecule has 2 heterocycles. The van der Waals surface area contributed by atoms with E-state index in [9.17, 15) is 4.79 Å². The van der Waals surface area contributed by atoms with E-state index in [0.717, 1.165) is 17.7 Å². The number of fused-ring (bicyclic) bond motifs is 2. The van der Waals surface area contributed by atoms with Gasteiger partial charge >= 0.3 is 0 Å². The minimum Gasteiger partial charge on any atom is -0.294 e. The third-order valence-electron chi connectivity index (χ3n) is 5.69. The van der Waals surface area contributed by atoms with Crippen molar-refractivity contribution in [3.05, 3.63) is 83.2 Å². The molecule has 0 amide bonds. The van der Waals surface area contributed by atoms with Crippen LogP contribution in [0.3, 0.4) is 0 Å². The maximum atomic E-state index is 12.9. The Labute approximate surface area is 169 Å². The molecule has 0 N–H and O–H groups in total. The molecule has 5 nitrogen and oxygen atoms in total. The summed E-state index contributed by atoms with van der Waals surface area (Å²) in [5, 5.41) is 4.52. The van der Waals surface area contributed by atoms with Gasteiger partial charge in [-0.15, -0.1) is 5.10 Å². The van der Waals surface area contributed by atoms with Gasteiger partial charge in [-0.05, 0) is 29.4 Å². The van der Waals surface area contributed by atoms with E-state index in [-0.39, 0.29) is 11.7 Å². The van der Waals surface area contributed by atoms with Crippen LogP contribution in [0.25, 0.3) is 17.2 Å². The van der Waals surface area contributed by atoms with Crippen LogP contribution in [0.4, 0.5) is 0 Å². The average Bonchev–Trinajstić information content (AvgIpc) is 3.16. The van der Waals surface area contributed by atoms with E-state index in [1.165, 1.54) is 11.1 Å². The van der Waals surface area contributed by atoms with Crippen molar-refractivity contribution < 1.29 is 4.79 Å². The molecule has 2 aromatic heterocycles. The molecule has 5 rings (SSSR count). The van der Waals surface area contributed by atoms with Crippen molar-refractivity contribution in [3.8, 4) is 11.4 Å². The second-order valence-electron chi connectivity index (χ2n) is 8.00. The fourth-order valence-corrected chi connectivity index (χ4v) is 3.98. The number of carbonyl (C=O) groups excluding carboxylic acids is 1. The SMILES string of the molecule is CC(C)c1ccc([C@H]2CC(=O)c3cn4nc(-c5ccccc5)nc4nc3C2)cc1. The van der Waals surface area contributed by atoms with Gasteiger partial charge < -0.3 is 0 Å². The lowest BCUT2D eigenvalue weighted by Gasteiger charge is -2.23. The molecule has 29 heavy (non-hydrogen) atoms. The highest BCUT2D eigenvalue weighted by molar-refractivity contribution is 5.98. The third kappa shape index (κ3) is 3.23. The van der Waals surface area contributed by atoms with Gasteiger partial charge in [-0.2, -0.15) is 4.98 Å². The number of rotatable bonds is 3. The van der Waals surface area contributed by atoms with Crippen LogP contribution in [-0.2, 0) is 6.42 Å². The van der Waals surface area contributed by atoms with Crippen LogP contribution in [0.2, 0.25) is 0 Å². The molecule has 0 saturated heterocycles. The summed E-state index contributed by atoms with van der Waals surface area (Å²) in [4.78, 5) is 22.1. The Hall–Kier alpha value is -3.34. The first-order chi connectivity index (χ1) is 14.1. The highest BCUT2D eigenvalue weighted by Crippen LogP contribution is 2.32. The van der Waals surface area contributed by atoms with Crippen molar-refractivity contribution in [1.29, 1.82) is 0 Å². The second-order valence-corrected chi connectivity index (χ2v) is 8.00. The lowest BCUT2D eigenvalue weighted by molar-refractivity contribution is 0.0962. The molecular weight excluding hydrogens is 360 g/mol. The maximum Gasteiger partial charge on any atom is 0.252 e.